The number of aryl methyl sites for hydroxylation is 3. The molecule has 0 N–H and O–H groups in total. The van der Waals surface area contributed by atoms with E-state index in [1.807, 2.05) is 91.1 Å². The minimum absolute atomic E-state index is 0.679. The lowest BCUT2D eigenvalue weighted by molar-refractivity contribution is 1.13. The van der Waals surface area contributed by atoms with Crippen molar-refractivity contribution in [1.82, 2.24) is 4.98 Å². The molecule has 0 saturated heterocycles. The van der Waals surface area contributed by atoms with E-state index in [1.165, 1.54) is 11.1 Å². The van der Waals surface area contributed by atoms with Gasteiger partial charge in [0.25, 0.3) is 0 Å². The van der Waals surface area contributed by atoms with Crippen LogP contribution in [-0.4, -0.2) is 10.7 Å². The van der Waals surface area contributed by atoms with Crippen LogP contribution in [0.25, 0.3) is 22.2 Å². The van der Waals surface area contributed by atoms with Crippen LogP contribution in [0.15, 0.2) is 72.4 Å². The smallest absolute Gasteiger partial charge is 0.154 e. The first kappa shape index (κ1) is 29.1. The van der Waals surface area contributed by atoms with E-state index in [0.717, 1.165) is 39.9 Å². The summed E-state index contributed by atoms with van der Waals surface area (Å²) in [6, 6.07) is 16.6. The van der Waals surface area contributed by atoms with Crippen molar-refractivity contribution in [2.45, 2.75) is 61.8 Å². The van der Waals surface area contributed by atoms with Crippen LogP contribution in [0.4, 0.5) is 5.82 Å². The number of rotatable bonds is 6. The second kappa shape index (κ2) is 15.0. The summed E-state index contributed by atoms with van der Waals surface area (Å²) in [6.45, 7) is 20.1. The fraction of sp³-hybridized carbons (Fsp3) is 0.290. The molecular weight excluding hydrogens is 436 g/mol. The maximum atomic E-state index is 6.52. The first-order chi connectivity index (χ1) is 16.4. The van der Waals surface area contributed by atoms with Crippen LogP contribution < -0.4 is 0 Å². The Morgan fingerprint density at radius 1 is 0.971 bits per heavy atom. The summed E-state index contributed by atoms with van der Waals surface area (Å²) < 4.78 is 0. The zero-order valence-electron chi connectivity index (χ0n) is 22.0. The van der Waals surface area contributed by atoms with E-state index < -0.39 is 0 Å². The summed E-state index contributed by atoms with van der Waals surface area (Å²) in [5.41, 5.74) is 8.70. The third-order valence-electron chi connectivity index (χ3n) is 5.15. The van der Waals surface area contributed by atoms with Crippen LogP contribution in [0.2, 0.25) is 0 Å². The molecule has 0 fully saturated rings. The maximum absolute atomic E-state index is 6.52. The number of halogens is 1. The van der Waals surface area contributed by atoms with E-state index in [1.54, 1.807) is 0 Å². The van der Waals surface area contributed by atoms with Gasteiger partial charge in [-0.15, -0.1) is 0 Å². The van der Waals surface area contributed by atoms with E-state index >= 15 is 0 Å². The van der Waals surface area contributed by atoms with Crippen LogP contribution in [-0.2, 0) is 6.42 Å². The molecule has 1 heterocycles. The molecule has 0 spiro atoms. The highest BCUT2D eigenvalue weighted by molar-refractivity contribution is 6.50. The van der Waals surface area contributed by atoms with Crippen molar-refractivity contribution in [2.75, 3.05) is 0 Å². The molecule has 2 aromatic carbocycles. The van der Waals surface area contributed by atoms with Crippen molar-refractivity contribution in [2.24, 2.45) is 4.99 Å². The number of allylic oxidation sites excluding steroid dienone is 1. The molecule has 0 aliphatic carbocycles. The number of hydrogen-bond donors (Lipinski definition) is 0. The molecule has 0 atom stereocenters. The summed E-state index contributed by atoms with van der Waals surface area (Å²) >= 11 is 6.52. The fourth-order valence-electron chi connectivity index (χ4n) is 3.43. The Bertz CT molecular complexity index is 1140. The molecule has 0 aliphatic heterocycles. The number of nitrogens with zero attached hydrogens (tertiary/aromatic N) is 2. The summed E-state index contributed by atoms with van der Waals surface area (Å²) in [5.74, 6) is 0.708. The normalized spacial score (nSPS) is 11.1. The Morgan fingerprint density at radius 3 is 2.24 bits per heavy atom. The molecule has 0 radical (unpaired) electrons. The summed E-state index contributed by atoms with van der Waals surface area (Å²) in [5, 5.41) is 0.679. The van der Waals surface area contributed by atoms with Gasteiger partial charge in [0.15, 0.2) is 5.82 Å². The second-order valence-corrected chi connectivity index (χ2v) is 7.80. The molecule has 3 heteroatoms. The minimum atomic E-state index is 0.679. The first-order valence-corrected chi connectivity index (χ1v) is 12.5. The van der Waals surface area contributed by atoms with Gasteiger partial charge in [0.05, 0.1) is 0 Å². The quantitative estimate of drug-likeness (QED) is 0.326. The van der Waals surface area contributed by atoms with Gasteiger partial charge in [0.2, 0.25) is 0 Å². The van der Waals surface area contributed by atoms with Crippen molar-refractivity contribution in [1.29, 1.82) is 0 Å². The molecule has 3 rings (SSSR count). The van der Waals surface area contributed by atoms with Gasteiger partial charge in [-0.2, -0.15) is 0 Å². The van der Waals surface area contributed by atoms with Crippen molar-refractivity contribution in [3.63, 3.8) is 0 Å². The van der Waals surface area contributed by atoms with Gasteiger partial charge >= 0.3 is 0 Å². The lowest BCUT2D eigenvalue weighted by Crippen LogP contribution is -1.92. The lowest BCUT2D eigenvalue weighted by Gasteiger charge is -2.09. The highest BCUT2D eigenvalue weighted by Gasteiger charge is 2.07. The van der Waals surface area contributed by atoms with Gasteiger partial charge < -0.3 is 0 Å². The predicted octanol–water partition coefficient (Wildman–Crippen LogP) is 10.00. The van der Waals surface area contributed by atoms with Gasteiger partial charge in [-0.1, -0.05) is 101 Å². The van der Waals surface area contributed by atoms with E-state index in [9.17, 15) is 0 Å². The average molecular weight is 475 g/mol. The number of aliphatic imine (C=N–C) groups is 1. The zero-order chi connectivity index (χ0) is 25.7. The van der Waals surface area contributed by atoms with Crippen LogP contribution >= 0.6 is 11.6 Å². The van der Waals surface area contributed by atoms with Crippen LogP contribution in [0.1, 0.15) is 69.4 Å². The molecular formula is C31H39ClN2. The highest BCUT2D eigenvalue weighted by atomic mass is 35.5. The van der Waals surface area contributed by atoms with Crippen LogP contribution in [0.5, 0.6) is 0 Å². The summed E-state index contributed by atoms with van der Waals surface area (Å²) in [4.78, 5) is 9.29. The average Bonchev–Trinajstić information content (AvgIpc) is 2.87. The van der Waals surface area contributed by atoms with E-state index in [2.05, 4.69) is 47.7 Å². The van der Waals surface area contributed by atoms with Crippen LogP contribution in [0, 0.1) is 13.8 Å². The Labute approximate surface area is 212 Å². The number of aromatic nitrogens is 1. The molecule has 0 amide bonds. The van der Waals surface area contributed by atoms with Gasteiger partial charge in [0.1, 0.15) is 0 Å². The maximum Gasteiger partial charge on any atom is 0.154 e. The zero-order valence-corrected chi connectivity index (χ0v) is 22.8. The van der Waals surface area contributed by atoms with E-state index in [4.69, 9.17) is 11.6 Å². The van der Waals surface area contributed by atoms with Gasteiger partial charge in [-0.25, -0.2) is 9.98 Å². The topological polar surface area (TPSA) is 25.2 Å². The lowest BCUT2D eigenvalue weighted by atomic mass is 9.98. The van der Waals surface area contributed by atoms with Crippen molar-refractivity contribution in [3.8, 4) is 11.1 Å². The molecule has 2 nitrogen and oxygen atoms in total. The van der Waals surface area contributed by atoms with E-state index in [0.29, 0.717) is 10.9 Å². The largest absolute Gasteiger partial charge is 0.236 e. The Hall–Kier alpha value is -2.97. The monoisotopic (exact) mass is 474 g/mol. The molecule has 0 bridgehead atoms. The standard InChI is InChI=1S/C27H27ClN2.2C2H6/c1-6-21-12-13-23(16-22(21)7-2)24-14-19(4)27(29-17-24)30-20(5)15-26(28)25-11-9-8-10-18(25)3;2*1-2/h6,8-17H,1,7H2,2-5H3;2*1-2H3/b26-15+,30-20?;;. The fourth-order valence-corrected chi connectivity index (χ4v) is 3.80. The molecule has 0 unspecified atom stereocenters. The molecule has 180 valence electrons. The highest BCUT2D eigenvalue weighted by Crippen LogP contribution is 2.27. The van der Waals surface area contributed by atoms with Gasteiger partial charge in [0, 0.05) is 22.5 Å². The Balaban J connectivity index is 0.00000137. The Morgan fingerprint density at radius 2 is 1.65 bits per heavy atom. The van der Waals surface area contributed by atoms with Crippen molar-refractivity contribution < 1.29 is 0 Å². The van der Waals surface area contributed by atoms with Gasteiger partial charge in [-0.3, -0.25) is 0 Å². The SMILES string of the molecule is C=Cc1ccc(-c2cnc(N=C(C)/C=C(/Cl)c3ccccc3C)c(C)c2)cc1CC.CC.CC. The van der Waals surface area contributed by atoms with Crippen molar-refractivity contribution >= 4 is 34.2 Å². The second-order valence-electron chi connectivity index (χ2n) is 7.40. The molecule has 34 heavy (non-hydrogen) atoms. The Kier molecular flexibility index (Phi) is 12.8. The minimum Gasteiger partial charge on any atom is -0.236 e. The number of pyridine rings is 1. The third kappa shape index (κ3) is 7.81. The first-order valence-electron chi connectivity index (χ1n) is 12.1. The van der Waals surface area contributed by atoms with Crippen molar-refractivity contribution in [3.05, 3.63) is 95.2 Å². The molecule has 3 aromatic rings. The van der Waals surface area contributed by atoms with Gasteiger partial charge in [-0.05, 0) is 72.7 Å². The predicted molar refractivity (Wildman–Crippen MR) is 154 cm³/mol. The number of hydrogen-bond acceptors (Lipinski definition) is 2. The summed E-state index contributed by atoms with van der Waals surface area (Å²) in [7, 11) is 0. The molecule has 1 aromatic heterocycles. The third-order valence-corrected chi connectivity index (χ3v) is 5.46. The summed E-state index contributed by atoms with van der Waals surface area (Å²) in [6.07, 6.45) is 6.65. The molecule has 0 saturated carbocycles. The van der Waals surface area contributed by atoms with E-state index in [-0.39, 0.29) is 0 Å². The van der Waals surface area contributed by atoms with Crippen LogP contribution in [0.3, 0.4) is 0 Å². The number of benzene rings is 2. The molecule has 0 aliphatic rings.